The Bertz CT molecular complexity index is 216. The molecule has 0 spiro atoms. The first-order chi connectivity index (χ1) is 6.40. The van der Waals surface area contributed by atoms with Gasteiger partial charge in [0.25, 0.3) is 0 Å². The van der Waals surface area contributed by atoms with E-state index >= 15 is 0 Å². The van der Waals surface area contributed by atoms with E-state index in [1.54, 1.807) is 20.9 Å². The first-order valence-corrected chi connectivity index (χ1v) is 4.64. The Kier molecular flexibility index (Phi) is 4.97. The molecule has 1 unspecified atom stereocenters. The normalized spacial score (nSPS) is 12.4. The van der Waals surface area contributed by atoms with Crippen LogP contribution in [-0.2, 0) is 4.79 Å². The molecule has 0 aliphatic heterocycles. The highest BCUT2D eigenvalue weighted by molar-refractivity contribution is 5.82. The van der Waals surface area contributed by atoms with Crippen molar-refractivity contribution in [1.82, 2.24) is 10.2 Å². The largest absolute Gasteiger partial charge is 0.480 e. The minimum atomic E-state index is -1.00. The molecular formula is C9H18N2O3. The summed E-state index contributed by atoms with van der Waals surface area (Å²) in [5.74, 6) is -1.13. The Morgan fingerprint density at radius 1 is 1.43 bits per heavy atom. The van der Waals surface area contributed by atoms with Gasteiger partial charge in [-0.3, -0.25) is 0 Å². The van der Waals surface area contributed by atoms with E-state index in [-0.39, 0.29) is 11.9 Å². The predicted molar refractivity (Wildman–Crippen MR) is 53.1 cm³/mol. The lowest BCUT2D eigenvalue weighted by molar-refractivity contribution is -0.140. The van der Waals surface area contributed by atoms with Gasteiger partial charge >= 0.3 is 12.0 Å². The highest BCUT2D eigenvalue weighted by atomic mass is 16.4. The van der Waals surface area contributed by atoms with Crippen LogP contribution in [0.1, 0.15) is 20.8 Å². The number of aliphatic carboxylic acids is 1. The minimum absolute atomic E-state index is 0.123. The van der Waals surface area contributed by atoms with Crippen molar-refractivity contribution in [2.75, 3.05) is 13.6 Å². The van der Waals surface area contributed by atoms with Crippen LogP contribution < -0.4 is 5.32 Å². The third-order valence-electron chi connectivity index (χ3n) is 2.03. The molecule has 5 heteroatoms. The van der Waals surface area contributed by atoms with Crippen LogP contribution in [0.25, 0.3) is 0 Å². The average molecular weight is 202 g/mol. The number of carbonyl (C=O) groups excluding carboxylic acids is 1. The van der Waals surface area contributed by atoms with Crippen molar-refractivity contribution < 1.29 is 14.7 Å². The zero-order valence-electron chi connectivity index (χ0n) is 9.07. The van der Waals surface area contributed by atoms with Gasteiger partial charge in [0.2, 0.25) is 0 Å². The van der Waals surface area contributed by atoms with Crippen molar-refractivity contribution in [3.8, 4) is 0 Å². The van der Waals surface area contributed by atoms with Crippen molar-refractivity contribution in [3.63, 3.8) is 0 Å². The average Bonchev–Trinajstić information content (AvgIpc) is 2.11. The quantitative estimate of drug-likeness (QED) is 0.707. The van der Waals surface area contributed by atoms with Gasteiger partial charge in [-0.15, -0.1) is 0 Å². The Hall–Kier alpha value is -1.26. The van der Waals surface area contributed by atoms with E-state index in [2.05, 4.69) is 5.32 Å². The number of hydrogen-bond acceptors (Lipinski definition) is 2. The summed E-state index contributed by atoms with van der Waals surface area (Å²) >= 11 is 0. The molecule has 0 saturated heterocycles. The topological polar surface area (TPSA) is 69.6 Å². The SMILES string of the molecule is CCN(C)C(=O)NC(C(=O)O)C(C)C. The molecular weight excluding hydrogens is 184 g/mol. The molecule has 0 radical (unpaired) electrons. The second-order valence-corrected chi connectivity index (χ2v) is 3.52. The van der Waals surface area contributed by atoms with Crippen LogP contribution in [0.15, 0.2) is 0 Å². The summed E-state index contributed by atoms with van der Waals surface area (Å²) in [6.07, 6.45) is 0. The molecule has 0 rings (SSSR count). The predicted octanol–water partition coefficient (Wildman–Crippen LogP) is 0.757. The standard InChI is InChI=1S/C9H18N2O3/c1-5-11(4)9(14)10-7(6(2)3)8(12)13/h6-7H,5H2,1-4H3,(H,10,14)(H,12,13). The maximum atomic E-state index is 11.3. The van der Waals surface area contributed by atoms with Crippen LogP contribution in [-0.4, -0.2) is 41.6 Å². The van der Waals surface area contributed by atoms with E-state index in [9.17, 15) is 9.59 Å². The van der Waals surface area contributed by atoms with Gasteiger partial charge in [-0.2, -0.15) is 0 Å². The molecule has 0 aromatic rings. The number of urea groups is 1. The van der Waals surface area contributed by atoms with Crippen LogP contribution >= 0.6 is 0 Å². The lowest BCUT2D eigenvalue weighted by Crippen LogP contribution is -2.49. The Balaban J connectivity index is 4.31. The number of nitrogens with zero attached hydrogens (tertiary/aromatic N) is 1. The molecule has 82 valence electrons. The second kappa shape index (κ2) is 5.47. The lowest BCUT2D eigenvalue weighted by Gasteiger charge is -2.22. The lowest BCUT2D eigenvalue weighted by atomic mass is 10.1. The molecule has 14 heavy (non-hydrogen) atoms. The molecule has 0 aromatic carbocycles. The van der Waals surface area contributed by atoms with Crippen LogP contribution in [0.4, 0.5) is 4.79 Å². The summed E-state index contributed by atoms with van der Waals surface area (Å²) in [6.45, 7) is 5.89. The Labute approximate surface area is 84.1 Å². The van der Waals surface area contributed by atoms with Crippen LogP contribution in [0.5, 0.6) is 0 Å². The molecule has 1 atom stereocenters. The highest BCUT2D eigenvalue weighted by Gasteiger charge is 2.24. The highest BCUT2D eigenvalue weighted by Crippen LogP contribution is 2.02. The summed E-state index contributed by atoms with van der Waals surface area (Å²) in [6, 6.07) is -1.18. The minimum Gasteiger partial charge on any atom is -0.480 e. The fourth-order valence-corrected chi connectivity index (χ4v) is 0.900. The van der Waals surface area contributed by atoms with Crippen molar-refractivity contribution in [2.45, 2.75) is 26.8 Å². The summed E-state index contributed by atoms with van der Waals surface area (Å²) in [5.41, 5.74) is 0. The van der Waals surface area contributed by atoms with Gasteiger partial charge in [-0.05, 0) is 12.8 Å². The molecule has 2 N–H and O–H groups in total. The fourth-order valence-electron chi connectivity index (χ4n) is 0.900. The van der Waals surface area contributed by atoms with Crippen molar-refractivity contribution in [1.29, 1.82) is 0 Å². The van der Waals surface area contributed by atoms with E-state index in [0.717, 1.165) is 0 Å². The molecule has 0 aliphatic rings. The number of rotatable bonds is 4. The zero-order valence-corrected chi connectivity index (χ0v) is 9.07. The van der Waals surface area contributed by atoms with Crippen LogP contribution in [0, 0.1) is 5.92 Å². The third kappa shape index (κ3) is 3.64. The number of carboxylic acid groups (broad SMARTS) is 1. The van der Waals surface area contributed by atoms with Crippen molar-refractivity contribution >= 4 is 12.0 Å². The van der Waals surface area contributed by atoms with Gasteiger partial charge in [-0.25, -0.2) is 9.59 Å². The van der Waals surface area contributed by atoms with Crippen LogP contribution in [0.2, 0.25) is 0 Å². The first-order valence-electron chi connectivity index (χ1n) is 4.64. The summed E-state index contributed by atoms with van der Waals surface area (Å²) in [7, 11) is 1.62. The van der Waals surface area contributed by atoms with E-state index in [4.69, 9.17) is 5.11 Å². The second-order valence-electron chi connectivity index (χ2n) is 3.52. The Morgan fingerprint density at radius 2 is 1.93 bits per heavy atom. The van der Waals surface area contributed by atoms with Crippen LogP contribution in [0.3, 0.4) is 0 Å². The van der Waals surface area contributed by atoms with Crippen molar-refractivity contribution in [3.05, 3.63) is 0 Å². The number of nitrogens with one attached hydrogen (secondary N) is 1. The van der Waals surface area contributed by atoms with Gasteiger partial charge in [-0.1, -0.05) is 13.8 Å². The molecule has 0 fully saturated rings. The molecule has 0 saturated carbocycles. The summed E-state index contributed by atoms with van der Waals surface area (Å²) < 4.78 is 0. The van der Waals surface area contributed by atoms with E-state index in [0.29, 0.717) is 6.54 Å². The van der Waals surface area contributed by atoms with E-state index in [1.165, 1.54) is 4.90 Å². The van der Waals surface area contributed by atoms with Gasteiger partial charge in [0, 0.05) is 13.6 Å². The monoisotopic (exact) mass is 202 g/mol. The maximum Gasteiger partial charge on any atom is 0.326 e. The number of hydrogen-bond donors (Lipinski definition) is 2. The zero-order chi connectivity index (χ0) is 11.3. The number of carbonyl (C=O) groups is 2. The van der Waals surface area contributed by atoms with E-state index < -0.39 is 12.0 Å². The molecule has 0 bridgehead atoms. The Morgan fingerprint density at radius 3 is 2.21 bits per heavy atom. The third-order valence-corrected chi connectivity index (χ3v) is 2.03. The van der Waals surface area contributed by atoms with Gasteiger partial charge in [0.15, 0.2) is 0 Å². The van der Waals surface area contributed by atoms with Gasteiger partial charge in [0.1, 0.15) is 6.04 Å². The summed E-state index contributed by atoms with van der Waals surface area (Å²) in [4.78, 5) is 23.5. The van der Waals surface area contributed by atoms with Crippen molar-refractivity contribution in [2.24, 2.45) is 5.92 Å². The number of amides is 2. The molecule has 2 amide bonds. The molecule has 0 aliphatic carbocycles. The van der Waals surface area contributed by atoms with E-state index in [1.807, 2.05) is 6.92 Å². The smallest absolute Gasteiger partial charge is 0.326 e. The maximum absolute atomic E-state index is 11.3. The van der Waals surface area contributed by atoms with Gasteiger partial charge in [0.05, 0.1) is 0 Å². The molecule has 5 nitrogen and oxygen atoms in total. The van der Waals surface area contributed by atoms with Gasteiger partial charge < -0.3 is 15.3 Å². The first kappa shape index (κ1) is 12.7. The number of carboxylic acids is 1. The summed E-state index contributed by atoms with van der Waals surface area (Å²) in [5, 5.41) is 11.3. The molecule has 0 heterocycles. The fraction of sp³-hybridized carbons (Fsp3) is 0.778. The molecule has 0 aromatic heterocycles.